The summed E-state index contributed by atoms with van der Waals surface area (Å²) in [5, 5.41) is 3.15. The van der Waals surface area contributed by atoms with Crippen molar-refractivity contribution in [1.29, 1.82) is 0 Å². The molecule has 5 heteroatoms. The van der Waals surface area contributed by atoms with Crippen LogP contribution < -0.4 is 5.32 Å². The first-order valence-electron chi connectivity index (χ1n) is 5.43. The minimum absolute atomic E-state index is 0.0281. The number of halogens is 3. The highest BCUT2D eigenvalue weighted by Crippen LogP contribution is 2.22. The predicted molar refractivity (Wildman–Crippen MR) is 53.8 cm³/mol. The van der Waals surface area contributed by atoms with Gasteiger partial charge in [-0.05, 0) is 33.2 Å². The fraction of sp³-hybridized carbons (Fsp3) is 1.00. The summed E-state index contributed by atoms with van der Waals surface area (Å²) in [5.74, 6) is 0. The van der Waals surface area contributed by atoms with E-state index in [1.165, 1.54) is 0 Å². The van der Waals surface area contributed by atoms with Crippen molar-refractivity contribution >= 4 is 0 Å². The molecule has 0 aliphatic carbocycles. The Morgan fingerprint density at radius 2 is 2.07 bits per heavy atom. The SMILES string of the molecule is CC(C)N(CC(F)(F)F)C1CCCNC1. The largest absolute Gasteiger partial charge is 0.401 e. The Labute approximate surface area is 88.8 Å². The van der Waals surface area contributed by atoms with Gasteiger partial charge in [0.2, 0.25) is 0 Å². The number of nitrogens with zero attached hydrogens (tertiary/aromatic N) is 1. The molecule has 0 radical (unpaired) electrons. The molecule has 1 heterocycles. The van der Waals surface area contributed by atoms with Crippen molar-refractivity contribution in [2.75, 3.05) is 19.6 Å². The van der Waals surface area contributed by atoms with Gasteiger partial charge in [0, 0.05) is 18.6 Å². The van der Waals surface area contributed by atoms with Crippen LogP contribution in [0, 0.1) is 0 Å². The number of alkyl halides is 3. The summed E-state index contributed by atoms with van der Waals surface area (Å²) in [7, 11) is 0. The van der Waals surface area contributed by atoms with Gasteiger partial charge in [0.25, 0.3) is 0 Å². The van der Waals surface area contributed by atoms with Crippen LogP contribution in [0.4, 0.5) is 13.2 Å². The number of nitrogens with one attached hydrogen (secondary N) is 1. The average Bonchev–Trinajstić information content (AvgIpc) is 2.14. The number of rotatable bonds is 3. The van der Waals surface area contributed by atoms with E-state index >= 15 is 0 Å². The van der Waals surface area contributed by atoms with E-state index in [9.17, 15) is 13.2 Å². The first kappa shape index (κ1) is 12.8. The van der Waals surface area contributed by atoms with Crippen molar-refractivity contribution in [1.82, 2.24) is 10.2 Å². The molecule has 1 aliphatic rings. The Bertz CT molecular complexity index is 186. The van der Waals surface area contributed by atoms with Crippen molar-refractivity contribution in [3.05, 3.63) is 0 Å². The summed E-state index contributed by atoms with van der Waals surface area (Å²) in [6.07, 6.45) is -2.27. The molecule has 2 nitrogen and oxygen atoms in total. The Balaban J connectivity index is 2.56. The normalized spacial score (nSPS) is 23.8. The van der Waals surface area contributed by atoms with Gasteiger partial charge in [0.1, 0.15) is 0 Å². The molecule has 0 aromatic carbocycles. The van der Waals surface area contributed by atoms with Gasteiger partial charge < -0.3 is 5.32 Å². The van der Waals surface area contributed by atoms with Crippen LogP contribution in [0.2, 0.25) is 0 Å². The lowest BCUT2D eigenvalue weighted by Gasteiger charge is -2.37. The second kappa shape index (κ2) is 5.16. The van der Waals surface area contributed by atoms with Gasteiger partial charge in [-0.25, -0.2) is 0 Å². The fourth-order valence-corrected chi connectivity index (χ4v) is 2.06. The molecule has 0 saturated carbocycles. The summed E-state index contributed by atoms with van der Waals surface area (Å²) in [6.45, 7) is 4.44. The van der Waals surface area contributed by atoms with Crippen LogP contribution in [-0.4, -0.2) is 42.8 Å². The summed E-state index contributed by atoms with van der Waals surface area (Å²) in [4.78, 5) is 1.55. The Hall–Kier alpha value is -0.290. The summed E-state index contributed by atoms with van der Waals surface area (Å²) in [6, 6.07) is -0.0306. The van der Waals surface area contributed by atoms with Gasteiger partial charge in [-0.15, -0.1) is 0 Å². The maximum Gasteiger partial charge on any atom is 0.401 e. The zero-order valence-electron chi connectivity index (χ0n) is 9.27. The minimum Gasteiger partial charge on any atom is -0.315 e. The average molecular weight is 224 g/mol. The van der Waals surface area contributed by atoms with Crippen molar-refractivity contribution in [2.45, 2.75) is 44.9 Å². The van der Waals surface area contributed by atoms with Gasteiger partial charge in [0.05, 0.1) is 6.54 Å². The molecule has 1 saturated heterocycles. The monoisotopic (exact) mass is 224 g/mol. The Morgan fingerprint density at radius 3 is 2.47 bits per heavy atom. The van der Waals surface area contributed by atoms with Crippen LogP contribution in [0.5, 0.6) is 0 Å². The first-order chi connectivity index (χ1) is 6.90. The zero-order chi connectivity index (χ0) is 11.5. The molecular formula is C10H19F3N2. The molecular weight excluding hydrogens is 205 g/mol. The molecule has 0 amide bonds. The van der Waals surface area contributed by atoms with Crippen LogP contribution in [0.3, 0.4) is 0 Å². The lowest BCUT2D eigenvalue weighted by molar-refractivity contribution is -0.155. The summed E-state index contributed by atoms with van der Waals surface area (Å²) >= 11 is 0. The lowest BCUT2D eigenvalue weighted by atomic mass is 10.0. The van der Waals surface area contributed by atoms with E-state index in [2.05, 4.69) is 5.32 Å². The van der Waals surface area contributed by atoms with Gasteiger partial charge in [-0.1, -0.05) is 0 Å². The molecule has 1 fully saturated rings. The van der Waals surface area contributed by atoms with E-state index in [4.69, 9.17) is 0 Å². The van der Waals surface area contributed by atoms with E-state index in [1.54, 1.807) is 4.90 Å². The molecule has 15 heavy (non-hydrogen) atoms. The Kier molecular flexibility index (Phi) is 4.40. The smallest absolute Gasteiger partial charge is 0.315 e. The molecule has 1 aliphatic heterocycles. The second-order valence-electron chi connectivity index (χ2n) is 4.38. The highest BCUT2D eigenvalue weighted by atomic mass is 19.4. The molecule has 1 N–H and O–H groups in total. The van der Waals surface area contributed by atoms with Crippen LogP contribution in [-0.2, 0) is 0 Å². The van der Waals surface area contributed by atoms with E-state index in [-0.39, 0.29) is 12.1 Å². The number of piperidine rings is 1. The van der Waals surface area contributed by atoms with Gasteiger partial charge in [0.15, 0.2) is 0 Å². The summed E-state index contributed by atoms with van der Waals surface area (Å²) in [5.41, 5.74) is 0. The van der Waals surface area contributed by atoms with Crippen LogP contribution in [0.15, 0.2) is 0 Å². The number of hydrogen-bond acceptors (Lipinski definition) is 2. The predicted octanol–water partition coefficient (Wildman–Crippen LogP) is 2.01. The van der Waals surface area contributed by atoms with E-state index in [0.717, 1.165) is 19.4 Å². The fourth-order valence-electron chi connectivity index (χ4n) is 2.06. The third-order valence-corrected chi connectivity index (χ3v) is 2.77. The van der Waals surface area contributed by atoms with Crippen LogP contribution >= 0.6 is 0 Å². The molecule has 0 bridgehead atoms. The lowest BCUT2D eigenvalue weighted by Crippen LogP contribution is -2.51. The van der Waals surface area contributed by atoms with E-state index in [1.807, 2.05) is 13.8 Å². The van der Waals surface area contributed by atoms with Gasteiger partial charge in [-0.3, -0.25) is 4.90 Å². The van der Waals surface area contributed by atoms with Gasteiger partial charge >= 0.3 is 6.18 Å². The highest BCUT2D eigenvalue weighted by Gasteiger charge is 2.35. The van der Waals surface area contributed by atoms with Gasteiger partial charge in [-0.2, -0.15) is 13.2 Å². The zero-order valence-corrected chi connectivity index (χ0v) is 9.27. The topological polar surface area (TPSA) is 15.3 Å². The first-order valence-corrected chi connectivity index (χ1v) is 5.43. The molecule has 90 valence electrons. The third kappa shape index (κ3) is 4.38. The molecule has 1 unspecified atom stereocenters. The maximum atomic E-state index is 12.4. The molecule has 0 aromatic rings. The quantitative estimate of drug-likeness (QED) is 0.789. The highest BCUT2D eigenvalue weighted by molar-refractivity contribution is 4.81. The second-order valence-corrected chi connectivity index (χ2v) is 4.38. The minimum atomic E-state index is -4.10. The van der Waals surface area contributed by atoms with Crippen molar-refractivity contribution < 1.29 is 13.2 Å². The van der Waals surface area contributed by atoms with Crippen molar-refractivity contribution in [2.24, 2.45) is 0 Å². The third-order valence-electron chi connectivity index (χ3n) is 2.77. The number of hydrogen-bond donors (Lipinski definition) is 1. The molecule has 0 spiro atoms. The maximum absolute atomic E-state index is 12.4. The van der Waals surface area contributed by atoms with Crippen molar-refractivity contribution in [3.63, 3.8) is 0 Å². The van der Waals surface area contributed by atoms with Crippen LogP contribution in [0.25, 0.3) is 0 Å². The van der Waals surface area contributed by atoms with Crippen molar-refractivity contribution in [3.8, 4) is 0 Å². The Morgan fingerprint density at radius 1 is 1.40 bits per heavy atom. The van der Waals surface area contributed by atoms with Crippen LogP contribution in [0.1, 0.15) is 26.7 Å². The summed E-state index contributed by atoms with van der Waals surface area (Å²) < 4.78 is 37.1. The molecule has 1 atom stereocenters. The molecule has 1 rings (SSSR count). The van der Waals surface area contributed by atoms with E-state index < -0.39 is 12.7 Å². The van der Waals surface area contributed by atoms with E-state index in [0.29, 0.717) is 6.54 Å². The standard InChI is InChI=1S/C10H19F3N2/c1-8(2)15(7-10(11,12)13)9-4-3-5-14-6-9/h8-9,14H,3-7H2,1-2H3. The molecule has 0 aromatic heterocycles.